The van der Waals surface area contributed by atoms with Crippen LogP contribution in [-0.2, 0) is 6.18 Å². The molecule has 1 atom stereocenters. The predicted octanol–water partition coefficient (Wildman–Crippen LogP) is 2.77. The quantitative estimate of drug-likeness (QED) is 0.578. The van der Waals surface area contributed by atoms with Crippen LogP contribution in [0.15, 0.2) is 18.2 Å². The van der Waals surface area contributed by atoms with Gasteiger partial charge in [0.05, 0.1) is 16.8 Å². The number of nitrogens with two attached hydrogens (primary N) is 1. The molecule has 0 heterocycles. The summed E-state index contributed by atoms with van der Waals surface area (Å²) in [5.74, 6) is 5.63. The second-order valence-corrected chi connectivity index (χ2v) is 5.43. The Morgan fingerprint density at radius 2 is 2.10 bits per heavy atom. The number of alkyl halides is 3. The molecule has 1 saturated carbocycles. The van der Waals surface area contributed by atoms with Crippen molar-refractivity contribution in [2.24, 2.45) is 17.7 Å². The van der Waals surface area contributed by atoms with Crippen LogP contribution in [0.5, 0.6) is 0 Å². The molecule has 0 saturated heterocycles. The summed E-state index contributed by atoms with van der Waals surface area (Å²) >= 11 is 0. The van der Waals surface area contributed by atoms with Gasteiger partial charge in [0.15, 0.2) is 0 Å². The molecule has 1 fully saturated rings. The lowest BCUT2D eigenvalue weighted by Crippen LogP contribution is -2.30. The molecule has 0 aromatic heterocycles. The number of nitrogens with one attached hydrogen (secondary N) is 2. The normalized spacial score (nSPS) is 16.4. The van der Waals surface area contributed by atoms with E-state index in [-0.39, 0.29) is 11.3 Å². The second kappa shape index (κ2) is 5.93. The smallest absolute Gasteiger partial charge is 0.352 e. The third-order valence-electron chi connectivity index (χ3n) is 3.76. The van der Waals surface area contributed by atoms with Gasteiger partial charge in [-0.2, -0.15) is 13.2 Å². The molecule has 0 bridgehead atoms. The fraction of sp³-hybridized carbons (Fsp3) is 0.500. The third kappa shape index (κ3) is 3.87. The molecular weight excluding hydrogens is 283 g/mol. The zero-order valence-corrected chi connectivity index (χ0v) is 11.6. The minimum absolute atomic E-state index is 0.102. The standard InChI is InChI=1S/C14H18F3N3O/c1-8(9-2-3-9)7-19-13(21)11-6-10(14(15,16)17)4-5-12(11)20-18/h4-6,8-9,20H,2-3,7,18H2,1H3,(H,19,21). The number of hydrazine groups is 1. The van der Waals surface area contributed by atoms with Crippen LogP contribution in [0.3, 0.4) is 0 Å². The van der Waals surface area contributed by atoms with E-state index in [1.165, 1.54) is 0 Å². The van der Waals surface area contributed by atoms with E-state index in [9.17, 15) is 18.0 Å². The molecular formula is C14H18F3N3O. The number of carbonyl (C=O) groups is 1. The Bertz CT molecular complexity index is 527. The number of nitrogen functional groups attached to an aromatic ring is 1. The highest BCUT2D eigenvalue weighted by molar-refractivity contribution is 5.99. The van der Waals surface area contributed by atoms with E-state index in [4.69, 9.17) is 5.84 Å². The van der Waals surface area contributed by atoms with Crippen LogP contribution in [0.2, 0.25) is 0 Å². The SMILES string of the molecule is CC(CNC(=O)c1cc(C(F)(F)F)ccc1NN)C1CC1. The highest BCUT2D eigenvalue weighted by Crippen LogP contribution is 2.36. The number of rotatable bonds is 5. The summed E-state index contributed by atoms with van der Waals surface area (Å²) in [6.45, 7) is 2.47. The van der Waals surface area contributed by atoms with Crippen LogP contribution < -0.4 is 16.6 Å². The molecule has 1 aliphatic rings. The van der Waals surface area contributed by atoms with Gasteiger partial charge in [-0.3, -0.25) is 10.6 Å². The van der Waals surface area contributed by atoms with E-state index >= 15 is 0 Å². The van der Waals surface area contributed by atoms with E-state index in [0.29, 0.717) is 18.4 Å². The zero-order valence-electron chi connectivity index (χ0n) is 11.6. The summed E-state index contributed by atoms with van der Waals surface area (Å²) in [5.41, 5.74) is 1.44. The van der Waals surface area contributed by atoms with Crippen LogP contribution in [0.1, 0.15) is 35.7 Å². The van der Waals surface area contributed by atoms with Crippen LogP contribution >= 0.6 is 0 Å². The highest BCUT2D eigenvalue weighted by Gasteiger charge is 2.32. The molecule has 1 amide bonds. The van der Waals surface area contributed by atoms with Crippen molar-refractivity contribution in [3.8, 4) is 0 Å². The summed E-state index contributed by atoms with van der Waals surface area (Å²) in [4.78, 5) is 12.1. The minimum Gasteiger partial charge on any atom is -0.352 e. The molecule has 0 aliphatic heterocycles. The Hall–Kier alpha value is -1.76. The third-order valence-corrected chi connectivity index (χ3v) is 3.76. The Kier molecular flexibility index (Phi) is 4.41. The van der Waals surface area contributed by atoms with Crippen LogP contribution in [0.4, 0.5) is 18.9 Å². The molecule has 0 spiro atoms. The van der Waals surface area contributed by atoms with E-state index in [2.05, 4.69) is 10.7 Å². The van der Waals surface area contributed by atoms with Gasteiger partial charge in [0.25, 0.3) is 5.91 Å². The number of amides is 1. The van der Waals surface area contributed by atoms with Gasteiger partial charge in [-0.1, -0.05) is 6.92 Å². The second-order valence-electron chi connectivity index (χ2n) is 5.43. The lowest BCUT2D eigenvalue weighted by Gasteiger charge is -2.15. The number of carbonyl (C=O) groups excluding carboxylic acids is 1. The van der Waals surface area contributed by atoms with E-state index in [0.717, 1.165) is 31.0 Å². The zero-order chi connectivity index (χ0) is 15.6. The minimum atomic E-state index is -4.50. The average molecular weight is 301 g/mol. The summed E-state index contributed by atoms with van der Waals surface area (Å²) in [6.07, 6.45) is -2.20. The topological polar surface area (TPSA) is 67.2 Å². The van der Waals surface area contributed by atoms with Crippen molar-refractivity contribution in [2.45, 2.75) is 25.9 Å². The van der Waals surface area contributed by atoms with Gasteiger partial charge in [0, 0.05) is 6.54 Å². The Balaban J connectivity index is 2.13. The molecule has 116 valence electrons. The number of anilines is 1. The summed E-state index contributed by atoms with van der Waals surface area (Å²) in [6, 6.07) is 2.85. The number of benzene rings is 1. The fourth-order valence-electron chi connectivity index (χ4n) is 2.22. The molecule has 1 aliphatic carbocycles. The first-order chi connectivity index (χ1) is 9.82. The van der Waals surface area contributed by atoms with E-state index in [1.807, 2.05) is 6.92 Å². The number of halogens is 3. The van der Waals surface area contributed by atoms with Gasteiger partial charge in [0.1, 0.15) is 0 Å². The first kappa shape index (κ1) is 15.6. The lowest BCUT2D eigenvalue weighted by molar-refractivity contribution is -0.137. The Morgan fingerprint density at radius 1 is 1.43 bits per heavy atom. The van der Waals surface area contributed by atoms with Crippen molar-refractivity contribution >= 4 is 11.6 Å². The summed E-state index contributed by atoms with van der Waals surface area (Å²) in [5, 5.41) is 2.67. The molecule has 4 nitrogen and oxygen atoms in total. The summed E-state index contributed by atoms with van der Waals surface area (Å²) < 4.78 is 38.1. The highest BCUT2D eigenvalue weighted by atomic mass is 19.4. The van der Waals surface area contributed by atoms with Crippen LogP contribution in [-0.4, -0.2) is 12.5 Å². The molecule has 2 rings (SSSR count). The van der Waals surface area contributed by atoms with Crippen LogP contribution in [0.25, 0.3) is 0 Å². The first-order valence-corrected chi connectivity index (χ1v) is 6.79. The number of hydrogen-bond acceptors (Lipinski definition) is 3. The molecule has 1 aromatic carbocycles. The predicted molar refractivity (Wildman–Crippen MR) is 73.5 cm³/mol. The summed E-state index contributed by atoms with van der Waals surface area (Å²) in [7, 11) is 0. The largest absolute Gasteiger partial charge is 0.416 e. The van der Waals surface area contributed by atoms with Gasteiger partial charge < -0.3 is 10.7 Å². The van der Waals surface area contributed by atoms with Gasteiger partial charge >= 0.3 is 6.18 Å². The monoisotopic (exact) mass is 301 g/mol. The lowest BCUT2D eigenvalue weighted by atomic mass is 10.1. The van der Waals surface area contributed by atoms with Crippen molar-refractivity contribution in [3.63, 3.8) is 0 Å². The Morgan fingerprint density at radius 3 is 2.62 bits per heavy atom. The van der Waals surface area contributed by atoms with Gasteiger partial charge in [-0.25, -0.2) is 0 Å². The maximum absolute atomic E-state index is 12.7. The molecule has 1 aromatic rings. The van der Waals surface area contributed by atoms with Crippen molar-refractivity contribution < 1.29 is 18.0 Å². The van der Waals surface area contributed by atoms with Crippen molar-refractivity contribution in [2.75, 3.05) is 12.0 Å². The Labute approximate surface area is 120 Å². The van der Waals surface area contributed by atoms with E-state index < -0.39 is 17.6 Å². The number of hydrogen-bond donors (Lipinski definition) is 3. The van der Waals surface area contributed by atoms with E-state index in [1.54, 1.807) is 0 Å². The average Bonchev–Trinajstić information content (AvgIpc) is 3.27. The maximum Gasteiger partial charge on any atom is 0.416 e. The van der Waals surface area contributed by atoms with Gasteiger partial charge in [-0.15, -0.1) is 0 Å². The molecule has 21 heavy (non-hydrogen) atoms. The maximum atomic E-state index is 12.7. The molecule has 0 radical (unpaired) electrons. The van der Waals surface area contributed by atoms with Crippen molar-refractivity contribution in [1.29, 1.82) is 0 Å². The van der Waals surface area contributed by atoms with Gasteiger partial charge in [-0.05, 0) is 42.9 Å². The fourth-order valence-corrected chi connectivity index (χ4v) is 2.22. The molecule has 7 heteroatoms. The van der Waals surface area contributed by atoms with Crippen molar-refractivity contribution in [1.82, 2.24) is 5.32 Å². The van der Waals surface area contributed by atoms with Gasteiger partial charge in [0.2, 0.25) is 0 Å². The molecule has 4 N–H and O–H groups in total. The van der Waals surface area contributed by atoms with Crippen molar-refractivity contribution in [3.05, 3.63) is 29.3 Å². The molecule has 1 unspecified atom stereocenters. The first-order valence-electron chi connectivity index (χ1n) is 6.79. The van der Waals surface area contributed by atoms with Crippen LogP contribution in [0, 0.1) is 11.8 Å².